The maximum Gasteiger partial charge on any atom is 0.306 e. The molecule has 0 bridgehead atoms. The Kier molecular flexibility index (Phi) is 54.9. The number of carbonyl (C=O) groups excluding carboxylic acids is 2. The lowest BCUT2D eigenvalue weighted by atomic mass is 10.0. The van der Waals surface area contributed by atoms with Gasteiger partial charge in [0.25, 0.3) is 0 Å². The Labute approximate surface area is 411 Å². The molecule has 0 aromatic carbocycles. The predicted molar refractivity (Wildman–Crippen MR) is 288 cm³/mol. The summed E-state index contributed by atoms with van der Waals surface area (Å²) in [5, 5.41) is 0. The van der Waals surface area contributed by atoms with Crippen molar-refractivity contribution in [3.8, 4) is 0 Å². The maximum absolute atomic E-state index is 12.9. The monoisotopic (exact) mass is 923 g/mol. The first-order valence-electron chi connectivity index (χ1n) is 28.8. The normalized spacial score (nSPS) is 12.6. The lowest BCUT2D eigenvalue weighted by Crippen LogP contribution is -2.30. The number of rotatable bonds is 53. The third kappa shape index (κ3) is 54.2. The van der Waals surface area contributed by atoms with E-state index in [-0.39, 0.29) is 25.2 Å². The van der Waals surface area contributed by atoms with Gasteiger partial charge in [-0.05, 0) is 83.5 Å². The molecule has 0 radical (unpaired) electrons. The van der Waals surface area contributed by atoms with Gasteiger partial charge in [-0.2, -0.15) is 0 Å². The van der Waals surface area contributed by atoms with Crippen molar-refractivity contribution in [1.82, 2.24) is 0 Å². The largest absolute Gasteiger partial charge is 0.462 e. The molecule has 66 heavy (non-hydrogen) atoms. The van der Waals surface area contributed by atoms with Crippen molar-refractivity contribution in [2.24, 2.45) is 0 Å². The van der Waals surface area contributed by atoms with Gasteiger partial charge in [0.05, 0.1) is 6.61 Å². The quantitative estimate of drug-likeness (QED) is 0.0346. The summed E-state index contributed by atoms with van der Waals surface area (Å²) in [7, 11) is 0. The molecular formula is C61H110O5. The average Bonchev–Trinajstić information content (AvgIpc) is 3.32. The third-order valence-electron chi connectivity index (χ3n) is 12.5. The summed E-state index contributed by atoms with van der Waals surface area (Å²) >= 11 is 0. The van der Waals surface area contributed by atoms with Gasteiger partial charge >= 0.3 is 11.9 Å². The molecule has 0 heterocycles. The van der Waals surface area contributed by atoms with E-state index in [1.54, 1.807) is 0 Å². The molecule has 1 atom stereocenters. The summed E-state index contributed by atoms with van der Waals surface area (Å²) in [6.07, 6.45) is 72.4. The fraction of sp³-hybridized carbons (Fsp3) is 0.803. The van der Waals surface area contributed by atoms with Crippen LogP contribution in [0.3, 0.4) is 0 Å². The van der Waals surface area contributed by atoms with Crippen LogP contribution in [0.2, 0.25) is 0 Å². The number of carbonyl (C=O) groups is 2. The third-order valence-corrected chi connectivity index (χ3v) is 12.5. The van der Waals surface area contributed by atoms with Gasteiger partial charge in [0.15, 0.2) is 6.10 Å². The molecular weight excluding hydrogens is 813 g/mol. The van der Waals surface area contributed by atoms with Crippen molar-refractivity contribution in [1.29, 1.82) is 0 Å². The lowest BCUT2D eigenvalue weighted by molar-refractivity contribution is -0.163. The van der Waals surface area contributed by atoms with Crippen molar-refractivity contribution in [3.05, 3.63) is 60.8 Å². The molecule has 0 aliphatic carbocycles. The van der Waals surface area contributed by atoms with Crippen LogP contribution in [-0.4, -0.2) is 37.9 Å². The molecule has 0 saturated carbocycles. The van der Waals surface area contributed by atoms with Crippen molar-refractivity contribution in [3.63, 3.8) is 0 Å². The molecule has 5 heteroatoms. The molecule has 0 aromatic heterocycles. The van der Waals surface area contributed by atoms with Crippen LogP contribution in [0.25, 0.3) is 0 Å². The molecule has 0 rings (SSSR count). The minimum atomic E-state index is -0.553. The van der Waals surface area contributed by atoms with Crippen LogP contribution < -0.4 is 0 Å². The van der Waals surface area contributed by atoms with E-state index in [1.807, 2.05) is 0 Å². The van der Waals surface area contributed by atoms with Gasteiger partial charge in [0, 0.05) is 19.4 Å². The van der Waals surface area contributed by atoms with Gasteiger partial charge in [0.1, 0.15) is 6.61 Å². The highest BCUT2D eigenvalue weighted by Crippen LogP contribution is 2.16. The van der Waals surface area contributed by atoms with Gasteiger partial charge in [-0.1, -0.05) is 255 Å². The summed E-state index contributed by atoms with van der Waals surface area (Å²) in [5.74, 6) is -0.435. The van der Waals surface area contributed by atoms with Crippen molar-refractivity contribution in [2.75, 3.05) is 19.8 Å². The lowest BCUT2D eigenvalue weighted by Gasteiger charge is -2.18. The van der Waals surface area contributed by atoms with E-state index in [4.69, 9.17) is 14.2 Å². The number of hydrogen-bond donors (Lipinski definition) is 0. The zero-order valence-corrected chi connectivity index (χ0v) is 44.2. The van der Waals surface area contributed by atoms with E-state index in [2.05, 4.69) is 81.5 Å². The predicted octanol–water partition coefficient (Wildman–Crippen LogP) is 19.7. The van der Waals surface area contributed by atoms with Gasteiger partial charge in [-0.15, -0.1) is 0 Å². The first-order chi connectivity index (χ1) is 32.6. The summed E-state index contributed by atoms with van der Waals surface area (Å²) < 4.78 is 17.4. The topological polar surface area (TPSA) is 61.8 Å². The molecule has 0 amide bonds. The Morgan fingerprint density at radius 3 is 1.14 bits per heavy atom. The van der Waals surface area contributed by atoms with Gasteiger partial charge < -0.3 is 14.2 Å². The zero-order chi connectivity index (χ0) is 47.7. The Morgan fingerprint density at radius 1 is 0.348 bits per heavy atom. The molecule has 0 unspecified atom stereocenters. The number of ether oxygens (including phenoxy) is 3. The summed E-state index contributed by atoms with van der Waals surface area (Å²) in [6.45, 7) is 7.71. The molecule has 0 aliphatic heterocycles. The second kappa shape index (κ2) is 56.9. The van der Waals surface area contributed by atoms with Crippen LogP contribution in [0, 0.1) is 0 Å². The molecule has 5 nitrogen and oxygen atoms in total. The highest BCUT2D eigenvalue weighted by molar-refractivity contribution is 5.70. The van der Waals surface area contributed by atoms with Crippen LogP contribution in [0.5, 0.6) is 0 Å². The van der Waals surface area contributed by atoms with Crippen molar-refractivity contribution >= 4 is 11.9 Å². The first-order valence-corrected chi connectivity index (χ1v) is 28.8. The molecule has 384 valence electrons. The molecule has 0 aromatic rings. The highest BCUT2D eigenvalue weighted by atomic mass is 16.6. The van der Waals surface area contributed by atoms with Gasteiger partial charge in [-0.25, -0.2) is 0 Å². The van der Waals surface area contributed by atoms with Crippen LogP contribution in [0.4, 0.5) is 0 Å². The fourth-order valence-electron chi connectivity index (χ4n) is 8.26. The van der Waals surface area contributed by atoms with Crippen molar-refractivity contribution < 1.29 is 23.8 Å². The highest BCUT2D eigenvalue weighted by Gasteiger charge is 2.17. The summed E-state index contributed by atoms with van der Waals surface area (Å²) in [6, 6.07) is 0. The van der Waals surface area contributed by atoms with E-state index in [0.717, 1.165) is 70.6 Å². The van der Waals surface area contributed by atoms with E-state index in [1.165, 1.54) is 186 Å². The van der Waals surface area contributed by atoms with E-state index in [0.29, 0.717) is 19.4 Å². The summed E-state index contributed by atoms with van der Waals surface area (Å²) in [4.78, 5) is 25.5. The van der Waals surface area contributed by atoms with Crippen LogP contribution in [-0.2, 0) is 23.8 Å². The standard InChI is InChI=1S/C61H110O5/c1-4-7-10-13-16-19-22-25-28-30-31-32-34-37-40-43-46-49-52-55-61(63)66-59(57-64-56-53-50-47-44-41-38-35-29-26-23-20-17-14-11-8-5-2)58-65-60(62)54-51-48-45-42-39-36-33-27-24-21-18-15-12-9-6-3/h9,12,18,21,25,27-28,33,39,42,59H,4-8,10-11,13-17,19-20,22-24,26,29-32,34-38,40-41,43-58H2,1-3H3/b12-9-,21-18-,28-25-,33-27-,42-39-/t59-/m1/s1. The Balaban J connectivity index is 4.29. The number of esters is 2. The van der Waals surface area contributed by atoms with Crippen LogP contribution in [0.1, 0.15) is 290 Å². The number of allylic oxidation sites excluding steroid dienone is 10. The minimum Gasteiger partial charge on any atom is -0.462 e. The number of hydrogen-bond acceptors (Lipinski definition) is 5. The van der Waals surface area contributed by atoms with Gasteiger partial charge in [-0.3, -0.25) is 9.59 Å². The fourth-order valence-corrected chi connectivity index (χ4v) is 8.26. The molecule has 0 saturated heterocycles. The molecule has 0 aliphatic rings. The molecule has 0 fully saturated rings. The summed E-state index contributed by atoms with van der Waals surface area (Å²) in [5.41, 5.74) is 0. The number of unbranched alkanes of at least 4 members (excludes halogenated alkanes) is 32. The Hall–Kier alpha value is -2.40. The van der Waals surface area contributed by atoms with E-state index < -0.39 is 6.10 Å². The van der Waals surface area contributed by atoms with E-state index >= 15 is 0 Å². The SMILES string of the molecule is CC/C=C\C/C=C\C/C=C\C/C=C\CCCCC(=O)OC[C@@H](COCCCCCCCCCCCCCCCCCC)OC(=O)CCCCCCCCCCC/C=C\CCCCCCCC. The minimum absolute atomic E-state index is 0.0654. The van der Waals surface area contributed by atoms with Crippen molar-refractivity contribution in [2.45, 2.75) is 297 Å². The van der Waals surface area contributed by atoms with Gasteiger partial charge in [0.2, 0.25) is 0 Å². The smallest absolute Gasteiger partial charge is 0.306 e. The average molecular weight is 924 g/mol. The second-order valence-corrected chi connectivity index (χ2v) is 19.2. The van der Waals surface area contributed by atoms with Crippen LogP contribution in [0.15, 0.2) is 60.8 Å². The Bertz CT molecular complexity index is 1130. The van der Waals surface area contributed by atoms with Crippen LogP contribution >= 0.6 is 0 Å². The molecule has 0 N–H and O–H groups in total. The second-order valence-electron chi connectivity index (χ2n) is 19.2. The maximum atomic E-state index is 12.9. The Morgan fingerprint density at radius 2 is 0.682 bits per heavy atom. The first kappa shape index (κ1) is 63.6. The molecule has 0 spiro atoms. The van der Waals surface area contributed by atoms with E-state index in [9.17, 15) is 9.59 Å². The zero-order valence-electron chi connectivity index (χ0n) is 44.2.